The van der Waals surface area contributed by atoms with Gasteiger partial charge in [-0.25, -0.2) is 4.39 Å². The molecule has 0 fully saturated rings. The van der Waals surface area contributed by atoms with Gasteiger partial charge in [0.1, 0.15) is 18.2 Å². The van der Waals surface area contributed by atoms with E-state index < -0.39 is 17.5 Å². The van der Waals surface area contributed by atoms with Gasteiger partial charge in [0.25, 0.3) is 5.91 Å². The average molecular weight is 305 g/mol. The lowest BCUT2D eigenvalue weighted by molar-refractivity contribution is 0.0948. The average Bonchev–Trinajstić information content (AvgIpc) is 2.90. The van der Waals surface area contributed by atoms with Crippen molar-refractivity contribution in [3.63, 3.8) is 0 Å². The predicted octanol–water partition coefficient (Wildman–Crippen LogP) is 1.87. The summed E-state index contributed by atoms with van der Waals surface area (Å²) in [7, 11) is 0. The van der Waals surface area contributed by atoms with Crippen molar-refractivity contribution in [3.8, 4) is 17.6 Å². The van der Waals surface area contributed by atoms with Gasteiger partial charge in [0, 0.05) is 21.9 Å². The molecule has 0 saturated carbocycles. The Bertz CT molecular complexity index is 715. The molecule has 108 valence electrons. The first-order valence-electron chi connectivity index (χ1n) is 6.04. The standard InChI is InChI=1S/C15H12FNO3S/c16-11-3-4-13(14(19)7-11)15(20)17-8-12-6-10(9-21-12)2-1-5-18/h3-4,6-7,9,18-19H,5,8H2,(H,17,20). The molecule has 1 amide bonds. The number of nitrogens with one attached hydrogen (secondary N) is 1. The van der Waals surface area contributed by atoms with Crippen molar-refractivity contribution in [1.82, 2.24) is 5.32 Å². The molecule has 6 heteroatoms. The lowest BCUT2D eigenvalue weighted by Gasteiger charge is -2.05. The van der Waals surface area contributed by atoms with Gasteiger partial charge in [-0.05, 0) is 18.2 Å². The van der Waals surface area contributed by atoms with E-state index in [0.717, 1.165) is 22.6 Å². The van der Waals surface area contributed by atoms with Crippen LogP contribution in [0.1, 0.15) is 20.8 Å². The fourth-order valence-corrected chi connectivity index (χ4v) is 2.40. The summed E-state index contributed by atoms with van der Waals surface area (Å²) in [5.41, 5.74) is 0.788. The van der Waals surface area contributed by atoms with Crippen LogP contribution in [0.25, 0.3) is 0 Å². The zero-order valence-corrected chi connectivity index (χ0v) is 11.7. The molecule has 0 bridgehead atoms. The summed E-state index contributed by atoms with van der Waals surface area (Å²) in [4.78, 5) is 12.8. The van der Waals surface area contributed by atoms with Gasteiger partial charge >= 0.3 is 0 Å². The number of benzene rings is 1. The van der Waals surface area contributed by atoms with Crippen molar-refractivity contribution in [3.05, 3.63) is 51.5 Å². The number of phenolic OH excluding ortho intramolecular Hbond substituents is 1. The smallest absolute Gasteiger partial charge is 0.255 e. The monoisotopic (exact) mass is 305 g/mol. The maximum Gasteiger partial charge on any atom is 0.255 e. The van der Waals surface area contributed by atoms with Crippen LogP contribution in [0, 0.1) is 17.7 Å². The first-order chi connectivity index (χ1) is 10.1. The summed E-state index contributed by atoms with van der Waals surface area (Å²) in [6.45, 7) is 0.0763. The number of carbonyl (C=O) groups is 1. The Morgan fingerprint density at radius 3 is 2.90 bits per heavy atom. The molecule has 0 atom stereocenters. The van der Waals surface area contributed by atoms with Gasteiger partial charge in [0.15, 0.2) is 0 Å². The summed E-state index contributed by atoms with van der Waals surface area (Å²) < 4.78 is 12.8. The third kappa shape index (κ3) is 4.05. The number of carbonyl (C=O) groups excluding carboxylic acids is 1. The van der Waals surface area contributed by atoms with Gasteiger partial charge in [-0.3, -0.25) is 4.79 Å². The van der Waals surface area contributed by atoms with E-state index in [1.54, 1.807) is 6.07 Å². The maximum absolute atomic E-state index is 12.8. The van der Waals surface area contributed by atoms with Crippen molar-refractivity contribution in [1.29, 1.82) is 0 Å². The van der Waals surface area contributed by atoms with E-state index >= 15 is 0 Å². The van der Waals surface area contributed by atoms with Crippen LogP contribution in [0.15, 0.2) is 29.6 Å². The van der Waals surface area contributed by atoms with Crippen LogP contribution in [0.4, 0.5) is 4.39 Å². The molecule has 2 aromatic rings. The number of aromatic hydroxyl groups is 1. The summed E-state index contributed by atoms with van der Waals surface area (Å²) in [5.74, 6) is 3.82. The molecule has 21 heavy (non-hydrogen) atoms. The molecule has 1 aromatic heterocycles. The highest BCUT2D eigenvalue weighted by Crippen LogP contribution is 2.18. The first kappa shape index (κ1) is 15.0. The molecule has 0 spiro atoms. The molecule has 0 radical (unpaired) electrons. The SMILES string of the molecule is O=C(NCc1cc(C#CCO)cs1)c1ccc(F)cc1O. The van der Waals surface area contributed by atoms with Crippen LogP contribution < -0.4 is 5.32 Å². The number of thiophene rings is 1. The molecule has 1 aromatic carbocycles. The second kappa shape index (κ2) is 6.88. The molecule has 0 unspecified atom stereocenters. The third-order valence-electron chi connectivity index (χ3n) is 2.59. The van der Waals surface area contributed by atoms with E-state index in [1.165, 1.54) is 17.4 Å². The Morgan fingerprint density at radius 1 is 1.38 bits per heavy atom. The first-order valence-corrected chi connectivity index (χ1v) is 6.92. The lowest BCUT2D eigenvalue weighted by Crippen LogP contribution is -2.22. The number of aliphatic hydroxyl groups excluding tert-OH is 1. The highest BCUT2D eigenvalue weighted by atomic mass is 32.1. The minimum atomic E-state index is -0.602. The molecule has 3 N–H and O–H groups in total. The normalized spacial score (nSPS) is 9.81. The number of aliphatic hydroxyl groups is 1. The Morgan fingerprint density at radius 2 is 2.19 bits per heavy atom. The Labute approximate surface area is 124 Å². The van der Waals surface area contributed by atoms with Gasteiger partial charge in [-0.15, -0.1) is 11.3 Å². The van der Waals surface area contributed by atoms with Crippen LogP contribution in [-0.4, -0.2) is 22.7 Å². The summed E-state index contributed by atoms with van der Waals surface area (Å²) >= 11 is 1.42. The molecule has 0 aliphatic rings. The molecule has 2 rings (SSSR count). The van der Waals surface area contributed by atoms with Crippen molar-refractivity contribution in [2.75, 3.05) is 6.61 Å². The number of rotatable bonds is 3. The van der Waals surface area contributed by atoms with E-state index in [0.29, 0.717) is 0 Å². The molecule has 1 heterocycles. The van der Waals surface area contributed by atoms with E-state index in [1.807, 2.05) is 5.38 Å². The molecular formula is C15H12FNO3S. The molecular weight excluding hydrogens is 293 g/mol. The Balaban J connectivity index is 1.99. The predicted molar refractivity (Wildman–Crippen MR) is 77.5 cm³/mol. The third-order valence-corrected chi connectivity index (χ3v) is 3.53. The quantitative estimate of drug-likeness (QED) is 0.758. The topological polar surface area (TPSA) is 69.6 Å². The van der Waals surface area contributed by atoms with Crippen molar-refractivity contribution >= 4 is 17.2 Å². The fourth-order valence-electron chi connectivity index (χ4n) is 1.64. The largest absolute Gasteiger partial charge is 0.507 e. The van der Waals surface area contributed by atoms with Gasteiger partial charge in [-0.2, -0.15) is 0 Å². The molecule has 0 saturated heterocycles. The van der Waals surface area contributed by atoms with Crippen molar-refractivity contribution < 1.29 is 19.4 Å². The summed E-state index contributed by atoms with van der Waals surface area (Å²) in [5, 5.41) is 22.6. The van der Waals surface area contributed by atoms with E-state index in [9.17, 15) is 14.3 Å². The number of hydrogen-bond donors (Lipinski definition) is 3. The lowest BCUT2D eigenvalue weighted by atomic mass is 10.2. The van der Waals surface area contributed by atoms with Crippen LogP contribution in [0.2, 0.25) is 0 Å². The van der Waals surface area contributed by atoms with E-state index in [2.05, 4.69) is 17.2 Å². The molecule has 0 aliphatic heterocycles. The van der Waals surface area contributed by atoms with Gasteiger partial charge in [-0.1, -0.05) is 11.8 Å². The summed E-state index contributed by atoms with van der Waals surface area (Å²) in [6.07, 6.45) is 0. The van der Waals surface area contributed by atoms with E-state index in [-0.39, 0.29) is 18.7 Å². The number of amides is 1. The minimum Gasteiger partial charge on any atom is -0.507 e. The van der Waals surface area contributed by atoms with Crippen molar-refractivity contribution in [2.24, 2.45) is 0 Å². The highest BCUT2D eigenvalue weighted by molar-refractivity contribution is 7.10. The van der Waals surface area contributed by atoms with Crippen LogP contribution in [0.3, 0.4) is 0 Å². The number of phenols is 1. The Hall–Kier alpha value is -2.36. The second-order valence-corrected chi connectivity index (χ2v) is 5.10. The van der Waals surface area contributed by atoms with Crippen molar-refractivity contribution in [2.45, 2.75) is 6.54 Å². The molecule has 0 aliphatic carbocycles. The van der Waals surface area contributed by atoms with Gasteiger partial charge < -0.3 is 15.5 Å². The maximum atomic E-state index is 12.8. The van der Waals surface area contributed by atoms with E-state index in [4.69, 9.17) is 5.11 Å². The minimum absolute atomic E-state index is 0.0215. The van der Waals surface area contributed by atoms with Crippen LogP contribution in [-0.2, 0) is 6.54 Å². The van der Waals surface area contributed by atoms with Gasteiger partial charge in [0.05, 0.1) is 12.1 Å². The second-order valence-electron chi connectivity index (χ2n) is 4.11. The molecule has 4 nitrogen and oxygen atoms in total. The summed E-state index contributed by atoms with van der Waals surface area (Å²) in [6, 6.07) is 5.04. The zero-order valence-electron chi connectivity index (χ0n) is 10.9. The highest BCUT2D eigenvalue weighted by Gasteiger charge is 2.11. The number of hydrogen-bond acceptors (Lipinski definition) is 4. The number of halogens is 1. The van der Waals surface area contributed by atoms with Crippen LogP contribution >= 0.6 is 11.3 Å². The Kier molecular flexibility index (Phi) is 4.93. The fraction of sp³-hybridized carbons (Fsp3) is 0.133. The van der Waals surface area contributed by atoms with Crippen LogP contribution in [0.5, 0.6) is 5.75 Å². The zero-order chi connectivity index (χ0) is 15.2. The van der Waals surface area contributed by atoms with Gasteiger partial charge in [0.2, 0.25) is 0 Å².